The van der Waals surface area contributed by atoms with Crippen LogP contribution >= 0.6 is 0 Å². The second-order valence-corrected chi connectivity index (χ2v) is 5.92. The predicted molar refractivity (Wildman–Crippen MR) is 78.3 cm³/mol. The van der Waals surface area contributed by atoms with E-state index < -0.39 is 0 Å². The average molecular weight is 263 g/mol. The molecule has 0 fully saturated rings. The van der Waals surface area contributed by atoms with Crippen LogP contribution in [-0.4, -0.2) is 17.1 Å². The van der Waals surface area contributed by atoms with Crippen molar-refractivity contribution in [2.75, 3.05) is 0 Å². The summed E-state index contributed by atoms with van der Waals surface area (Å²) in [6.07, 6.45) is 3.11. The normalized spacial score (nSPS) is 13.1. The lowest BCUT2D eigenvalue weighted by Crippen LogP contribution is -2.30. The van der Waals surface area contributed by atoms with Crippen LogP contribution in [0.5, 0.6) is 5.75 Å². The van der Waals surface area contributed by atoms with Crippen molar-refractivity contribution in [3.05, 3.63) is 29.8 Å². The topological polar surface area (TPSA) is 49.3 Å². The number of phenols is 1. The molecule has 106 valence electrons. The number of amides is 1. The van der Waals surface area contributed by atoms with E-state index in [0.29, 0.717) is 5.75 Å². The molecular formula is C16H25NO2. The van der Waals surface area contributed by atoms with Crippen molar-refractivity contribution in [2.45, 2.75) is 58.4 Å². The van der Waals surface area contributed by atoms with E-state index in [1.165, 1.54) is 5.56 Å². The van der Waals surface area contributed by atoms with Gasteiger partial charge in [0.1, 0.15) is 5.75 Å². The molecule has 1 aromatic rings. The Morgan fingerprint density at radius 1 is 1.32 bits per heavy atom. The molecule has 1 atom stereocenters. The Balaban J connectivity index is 2.46. The number of phenolic OH excluding ortho intramolecular Hbond substituents is 1. The van der Waals surface area contributed by atoms with Crippen LogP contribution < -0.4 is 5.32 Å². The van der Waals surface area contributed by atoms with Gasteiger partial charge in [0.15, 0.2) is 0 Å². The van der Waals surface area contributed by atoms with Gasteiger partial charge < -0.3 is 10.4 Å². The monoisotopic (exact) mass is 263 g/mol. The van der Waals surface area contributed by atoms with E-state index in [-0.39, 0.29) is 17.4 Å². The number of aromatic hydroxyl groups is 1. The number of carbonyl (C=O) groups excluding carboxylic acids is 1. The standard InChI is InChI=1S/C16H25NO2/c1-12(17-13(2)18)6-5-11-16(3,4)14-7-9-15(19)10-8-14/h7-10,12,19H,5-6,11H2,1-4H3,(H,17,18). The van der Waals surface area contributed by atoms with E-state index >= 15 is 0 Å². The fraction of sp³-hybridized carbons (Fsp3) is 0.562. The molecule has 1 unspecified atom stereocenters. The Morgan fingerprint density at radius 2 is 1.89 bits per heavy atom. The third kappa shape index (κ3) is 5.33. The Bertz CT molecular complexity index is 409. The van der Waals surface area contributed by atoms with E-state index in [1.54, 1.807) is 19.1 Å². The van der Waals surface area contributed by atoms with Gasteiger partial charge in [-0.2, -0.15) is 0 Å². The molecule has 0 spiro atoms. The summed E-state index contributed by atoms with van der Waals surface area (Å²) in [5.74, 6) is 0.337. The van der Waals surface area contributed by atoms with Gasteiger partial charge in [-0.25, -0.2) is 0 Å². The lowest BCUT2D eigenvalue weighted by Gasteiger charge is -2.26. The largest absolute Gasteiger partial charge is 0.508 e. The number of benzene rings is 1. The number of hydrogen-bond donors (Lipinski definition) is 2. The molecule has 1 rings (SSSR count). The summed E-state index contributed by atoms with van der Waals surface area (Å²) in [4.78, 5) is 10.9. The Labute approximate surface area is 116 Å². The SMILES string of the molecule is CC(=O)NC(C)CCCC(C)(C)c1ccc(O)cc1. The number of hydrogen-bond acceptors (Lipinski definition) is 2. The molecule has 0 saturated heterocycles. The first kappa shape index (κ1) is 15.5. The first-order valence-electron chi connectivity index (χ1n) is 6.88. The molecular weight excluding hydrogens is 238 g/mol. The van der Waals surface area contributed by atoms with Gasteiger partial charge in [-0.1, -0.05) is 32.4 Å². The molecule has 0 aliphatic heterocycles. The van der Waals surface area contributed by atoms with Gasteiger partial charge in [0.25, 0.3) is 0 Å². The van der Waals surface area contributed by atoms with E-state index in [9.17, 15) is 9.90 Å². The van der Waals surface area contributed by atoms with Gasteiger partial charge in [-0.05, 0) is 42.9 Å². The van der Waals surface area contributed by atoms with Gasteiger partial charge in [0, 0.05) is 13.0 Å². The molecule has 0 aromatic heterocycles. The maximum absolute atomic E-state index is 10.9. The second kappa shape index (κ2) is 6.60. The molecule has 3 nitrogen and oxygen atoms in total. The minimum atomic E-state index is 0.0327. The predicted octanol–water partition coefficient (Wildman–Crippen LogP) is 3.36. The van der Waals surface area contributed by atoms with Crippen molar-refractivity contribution in [3.8, 4) is 5.75 Å². The quantitative estimate of drug-likeness (QED) is 0.826. The summed E-state index contributed by atoms with van der Waals surface area (Å²) in [5, 5.41) is 12.2. The van der Waals surface area contributed by atoms with Crippen LogP contribution in [0.25, 0.3) is 0 Å². The Kier molecular flexibility index (Phi) is 5.40. The molecule has 2 N–H and O–H groups in total. The average Bonchev–Trinajstić information content (AvgIpc) is 2.28. The smallest absolute Gasteiger partial charge is 0.217 e. The van der Waals surface area contributed by atoms with Crippen LogP contribution in [0.1, 0.15) is 52.5 Å². The van der Waals surface area contributed by atoms with Crippen LogP contribution in [0.3, 0.4) is 0 Å². The minimum absolute atomic E-state index is 0.0327. The number of carbonyl (C=O) groups is 1. The number of nitrogens with one attached hydrogen (secondary N) is 1. The van der Waals surface area contributed by atoms with Gasteiger partial charge in [0.2, 0.25) is 5.91 Å². The molecule has 0 bridgehead atoms. The van der Waals surface area contributed by atoms with Gasteiger partial charge in [-0.15, -0.1) is 0 Å². The fourth-order valence-electron chi connectivity index (χ4n) is 2.33. The molecule has 0 saturated carbocycles. The summed E-state index contributed by atoms with van der Waals surface area (Å²) < 4.78 is 0. The summed E-state index contributed by atoms with van der Waals surface area (Å²) in [5.41, 5.74) is 1.32. The van der Waals surface area contributed by atoms with Crippen LogP contribution in [0.2, 0.25) is 0 Å². The van der Waals surface area contributed by atoms with Crippen LogP contribution in [0.4, 0.5) is 0 Å². The van der Waals surface area contributed by atoms with Crippen molar-refractivity contribution in [2.24, 2.45) is 0 Å². The van der Waals surface area contributed by atoms with E-state index in [2.05, 4.69) is 19.2 Å². The van der Waals surface area contributed by atoms with E-state index in [4.69, 9.17) is 0 Å². The van der Waals surface area contributed by atoms with E-state index in [1.807, 2.05) is 19.1 Å². The zero-order valence-electron chi connectivity index (χ0n) is 12.4. The molecule has 0 radical (unpaired) electrons. The van der Waals surface area contributed by atoms with Crippen molar-refractivity contribution in [3.63, 3.8) is 0 Å². The maximum Gasteiger partial charge on any atom is 0.217 e. The molecule has 19 heavy (non-hydrogen) atoms. The maximum atomic E-state index is 10.9. The van der Waals surface area contributed by atoms with Gasteiger partial charge in [0.05, 0.1) is 0 Å². The van der Waals surface area contributed by atoms with Gasteiger partial charge in [-0.3, -0.25) is 4.79 Å². The number of rotatable bonds is 6. The van der Waals surface area contributed by atoms with Crippen LogP contribution in [0, 0.1) is 0 Å². The van der Waals surface area contributed by atoms with Crippen molar-refractivity contribution in [1.29, 1.82) is 0 Å². The third-order valence-electron chi connectivity index (χ3n) is 3.54. The molecule has 3 heteroatoms. The highest BCUT2D eigenvalue weighted by Gasteiger charge is 2.20. The van der Waals surface area contributed by atoms with Crippen LogP contribution in [-0.2, 0) is 10.2 Å². The molecule has 1 amide bonds. The lowest BCUT2D eigenvalue weighted by molar-refractivity contribution is -0.119. The molecule has 0 aliphatic carbocycles. The Hall–Kier alpha value is -1.51. The zero-order valence-corrected chi connectivity index (χ0v) is 12.4. The lowest BCUT2D eigenvalue weighted by atomic mass is 9.80. The van der Waals surface area contributed by atoms with Crippen molar-refractivity contribution in [1.82, 2.24) is 5.32 Å². The fourth-order valence-corrected chi connectivity index (χ4v) is 2.33. The second-order valence-electron chi connectivity index (χ2n) is 5.92. The highest BCUT2D eigenvalue weighted by Crippen LogP contribution is 2.30. The molecule has 0 aliphatic rings. The van der Waals surface area contributed by atoms with Crippen molar-refractivity contribution >= 4 is 5.91 Å². The minimum Gasteiger partial charge on any atom is -0.508 e. The Morgan fingerprint density at radius 3 is 2.42 bits per heavy atom. The molecule has 1 aromatic carbocycles. The molecule has 0 heterocycles. The van der Waals surface area contributed by atoms with Crippen LogP contribution in [0.15, 0.2) is 24.3 Å². The first-order valence-corrected chi connectivity index (χ1v) is 6.88. The highest BCUT2D eigenvalue weighted by molar-refractivity contribution is 5.73. The summed E-state index contributed by atoms with van der Waals surface area (Å²) >= 11 is 0. The first-order chi connectivity index (χ1) is 8.81. The van der Waals surface area contributed by atoms with E-state index in [0.717, 1.165) is 19.3 Å². The van der Waals surface area contributed by atoms with Gasteiger partial charge >= 0.3 is 0 Å². The van der Waals surface area contributed by atoms with Crippen molar-refractivity contribution < 1.29 is 9.90 Å². The summed E-state index contributed by atoms with van der Waals surface area (Å²) in [6, 6.07) is 7.65. The summed E-state index contributed by atoms with van der Waals surface area (Å²) in [6.45, 7) is 8.01. The summed E-state index contributed by atoms with van der Waals surface area (Å²) in [7, 11) is 0. The third-order valence-corrected chi connectivity index (χ3v) is 3.54. The highest BCUT2D eigenvalue weighted by atomic mass is 16.3. The zero-order chi connectivity index (χ0) is 14.5.